The molecule has 0 saturated heterocycles. The summed E-state index contributed by atoms with van der Waals surface area (Å²) in [5.41, 5.74) is 8.37. The van der Waals surface area contributed by atoms with Crippen molar-refractivity contribution in [1.29, 1.82) is 0 Å². The Morgan fingerprint density at radius 1 is 1.25 bits per heavy atom. The lowest BCUT2D eigenvalue weighted by molar-refractivity contribution is 0.300. The van der Waals surface area contributed by atoms with Crippen molar-refractivity contribution in [1.82, 2.24) is 0 Å². The summed E-state index contributed by atoms with van der Waals surface area (Å²) in [6.45, 7) is 3.41. The second kappa shape index (κ2) is 10.8. The van der Waals surface area contributed by atoms with E-state index in [1.54, 1.807) is 17.8 Å². The first-order chi connectivity index (χ1) is 13.1. The van der Waals surface area contributed by atoms with Gasteiger partial charge in [0.05, 0.1) is 25.2 Å². The molecule has 4 nitrogen and oxygen atoms in total. The molecule has 1 aliphatic rings. The van der Waals surface area contributed by atoms with E-state index in [1.807, 2.05) is 12.1 Å². The summed E-state index contributed by atoms with van der Waals surface area (Å²) >= 11 is 1.77. The van der Waals surface area contributed by atoms with Gasteiger partial charge >= 0.3 is 0 Å². The minimum Gasteiger partial charge on any atom is -0.494 e. The van der Waals surface area contributed by atoms with Crippen LogP contribution in [0.2, 0.25) is 0 Å². The maximum absolute atomic E-state index is 13.9. The van der Waals surface area contributed by atoms with Crippen molar-refractivity contribution < 1.29 is 18.6 Å². The van der Waals surface area contributed by atoms with E-state index < -0.39 is 0 Å². The van der Waals surface area contributed by atoms with Gasteiger partial charge < -0.3 is 19.9 Å². The summed E-state index contributed by atoms with van der Waals surface area (Å²) in [4.78, 5) is 1.10. The lowest BCUT2D eigenvalue weighted by Crippen LogP contribution is -2.15. The molecule has 2 N–H and O–H groups in total. The van der Waals surface area contributed by atoms with Gasteiger partial charge in [0, 0.05) is 23.4 Å². The molecule has 154 valence electrons. The SMILES string of the molecule is CCCOc1cc2c(cc1C(N)CCc1ccc(OC)c(F)c1)SCCO2.Cl. The molecule has 0 aromatic heterocycles. The number of hydrogen-bond acceptors (Lipinski definition) is 5. The number of thioether (sulfide) groups is 1. The smallest absolute Gasteiger partial charge is 0.165 e. The quantitative estimate of drug-likeness (QED) is 0.630. The molecule has 3 rings (SSSR count). The zero-order chi connectivity index (χ0) is 19.2. The molecule has 1 aliphatic heterocycles. The number of halogens is 2. The van der Waals surface area contributed by atoms with Gasteiger partial charge in [0.15, 0.2) is 11.6 Å². The van der Waals surface area contributed by atoms with Crippen LogP contribution in [0.4, 0.5) is 4.39 Å². The Balaban J connectivity index is 0.00000280. The average molecular weight is 428 g/mol. The lowest BCUT2D eigenvalue weighted by atomic mass is 9.98. The van der Waals surface area contributed by atoms with Crippen LogP contribution in [0.5, 0.6) is 17.2 Å². The molecule has 0 spiro atoms. The number of fused-ring (bicyclic) bond motifs is 1. The molecule has 0 fully saturated rings. The minimum absolute atomic E-state index is 0. The van der Waals surface area contributed by atoms with E-state index in [1.165, 1.54) is 13.2 Å². The summed E-state index contributed by atoms with van der Waals surface area (Å²) in [7, 11) is 1.46. The van der Waals surface area contributed by atoms with Crippen molar-refractivity contribution in [3.63, 3.8) is 0 Å². The van der Waals surface area contributed by atoms with E-state index in [9.17, 15) is 4.39 Å². The van der Waals surface area contributed by atoms with Crippen LogP contribution >= 0.6 is 24.2 Å². The number of benzene rings is 2. The van der Waals surface area contributed by atoms with Crippen LogP contribution in [0.15, 0.2) is 35.2 Å². The average Bonchev–Trinajstić information content (AvgIpc) is 2.69. The summed E-state index contributed by atoms with van der Waals surface area (Å²) in [6, 6.07) is 8.88. The Hall–Kier alpha value is -1.63. The number of ether oxygens (including phenoxy) is 3. The van der Waals surface area contributed by atoms with Gasteiger partial charge in [-0.15, -0.1) is 24.2 Å². The molecule has 1 atom stereocenters. The summed E-state index contributed by atoms with van der Waals surface area (Å²) in [6.07, 6.45) is 2.29. The van der Waals surface area contributed by atoms with Gasteiger partial charge in [-0.2, -0.15) is 0 Å². The number of nitrogens with two attached hydrogens (primary N) is 1. The number of aryl methyl sites for hydroxylation is 1. The predicted molar refractivity (Wildman–Crippen MR) is 114 cm³/mol. The fourth-order valence-electron chi connectivity index (χ4n) is 3.06. The van der Waals surface area contributed by atoms with Crippen molar-refractivity contribution >= 4 is 24.2 Å². The van der Waals surface area contributed by atoms with E-state index in [0.29, 0.717) is 26.1 Å². The van der Waals surface area contributed by atoms with E-state index in [4.69, 9.17) is 19.9 Å². The van der Waals surface area contributed by atoms with E-state index in [-0.39, 0.29) is 30.0 Å². The Labute approximate surface area is 176 Å². The third kappa shape index (κ3) is 5.46. The van der Waals surface area contributed by atoms with E-state index in [0.717, 1.165) is 39.7 Å². The van der Waals surface area contributed by atoms with Gasteiger partial charge in [0.1, 0.15) is 11.5 Å². The van der Waals surface area contributed by atoms with Crippen LogP contribution in [0, 0.1) is 5.82 Å². The van der Waals surface area contributed by atoms with E-state index >= 15 is 0 Å². The highest BCUT2D eigenvalue weighted by molar-refractivity contribution is 7.99. The van der Waals surface area contributed by atoms with Gasteiger partial charge in [-0.1, -0.05) is 13.0 Å². The van der Waals surface area contributed by atoms with Crippen molar-refractivity contribution in [3.05, 3.63) is 47.3 Å². The fraction of sp³-hybridized carbons (Fsp3) is 0.429. The topological polar surface area (TPSA) is 53.7 Å². The van der Waals surface area contributed by atoms with Gasteiger partial charge in [-0.25, -0.2) is 4.39 Å². The molecule has 0 saturated carbocycles. The highest BCUT2D eigenvalue weighted by Crippen LogP contribution is 2.40. The Morgan fingerprint density at radius 2 is 2.07 bits per heavy atom. The first-order valence-electron chi connectivity index (χ1n) is 9.26. The maximum atomic E-state index is 13.9. The molecule has 0 bridgehead atoms. The Morgan fingerprint density at radius 3 is 2.79 bits per heavy atom. The molecule has 2 aromatic carbocycles. The second-order valence-corrected chi connectivity index (χ2v) is 7.63. The summed E-state index contributed by atoms with van der Waals surface area (Å²) in [5.74, 6) is 2.49. The normalized spacial score (nSPS) is 13.7. The fourth-order valence-corrected chi connectivity index (χ4v) is 3.91. The number of hydrogen-bond donors (Lipinski definition) is 1. The first kappa shape index (κ1) is 22.7. The molecule has 1 heterocycles. The van der Waals surface area contributed by atoms with Crippen LogP contribution in [0.3, 0.4) is 0 Å². The van der Waals surface area contributed by atoms with Crippen LogP contribution < -0.4 is 19.9 Å². The largest absolute Gasteiger partial charge is 0.494 e. The standard InChI is InChI=1S/C21H26FNO3S.ClH/c1-3-8-25-19-13-20-21(27-10-9-26-20)12-15(19)17(23)6-4-14-5-7-18(24-2)16(22)11-14;/h5,7,11-13,17H,3-4,6,8-10,23H2,1-2H3;1H. The molecule has 2 aromatic rings. The highest BCUT2D eigenvalue weighted by atomic mass is 35.5. The van der Waals surface area contributed by atoms with Crippen LogP contribution in [-0.2, 0) is 6.42 Å². The molecule has 28 heavy (non-hydrogen) atoms. The van der Waals surface area contributed by atoms with Crippen LogP contribution in [-0.4, -0.2) is 26.1 Å². The van der Waals surface area contributed by atoms with Crippen LogP contribution in [0.25, 0.3) is 0 Å². The lowest BCUT2D eigenvalue weighted by Gasteiger charge is -2.23. The van der Waals surface area contributed by atoms with Crippen molar-refractivity contribution in [3.8, 4) is 17.2 Å². The minimum atomic E-state index is -0.349. The van der Waals surface area contributed by atoms with Crippen molar-refractivity contribution in [2.24, 2.45) is 5.73 Å². The molecule has 0 aliphatic carbocycles. The van der Waals surface area contributed by atoms with Crippen LogP contribution in [0.1, 0.15) is 36.9 Å². The second-order valence-electron chi connectivity index (χ2n) is 6.50. The monoisotopic (exact) mass is 427 g/mol. The highest BCUT2D eigenvalue weighted by Gasteiger charge is 2.20. The predicted octanol–water partition coefficient (Wildman–Crippen LogP) is 5.16. The number of methoxy groups -OCH3 is 1. The van der Waals surface area contributed by atoms with Crippen molar-refractivity contribution in [2.75, 3.05) is 26.1 Å². The van der Waals surface area contributed by atoms with Gasteiger partial charge in [-0.3, -0.25) is 0 Å². The third-order valence-corrected chi connectivity index (χ3v) is 5.50. The molecule has 0 radical (unpaired) electrons. The zero-order valence-corrected chi connectivity index (χ0v) is 17.8. The summed E-state index contributed by atoms with van der Waals surface area (Å²) in [5, 5.41) is 0. The zero-order valence-electron chi connectivity index (χ0n) is 16.2. The van der Waals surface area contributed by atoms with Gasteiger partial charge in [-0.05, 0) is 43.0 Å². The molecular formula is C21H27ClFNO3S. The van der Waals surface area contributed by atoms with Crippen molar-refractivity contribution in [2.45, 2.75) is 37.1 Å². The molecule has 1 unspecified atom stereocenters. The molecular weight excluding hydrogens is 401 g/mol. The van der Waals surface area contributed by atoms with E-state index in [2.05, 4.69) is 13.0 Å². The van der Waals surface area contributed by atoms with Gasteiger partial charge in [0.2, 0.25) is 0 Å². The Bertz CT molecular complexity index is 790. The third-order valence-electron chi connectivity index (χ3n) is 4.50. The van der Waals surface area contributed by atoms with Gasteiger partial charge in [0.25, 0.3) is 0 Å². The first-order valence-corrected chi connectivity index (χ1v) is 10.2. The summed E-state index contributed by atoms with van der Waals surface area (Å²) < 4.78 is 30.5. The molecule has 7 heteroatoms. The maximum Gasteiger partial charge on any atom is 0.165 e. The molecule has 0 amide bonds. The number of rotatable bonds is 8. The Kier molecular flexibility index (Phi) is 8.73.